The van der Waals surface area contributed by atoms with Gasteiger partial charge in [-0.15, -0.1) is 0 Å². The molecule has 0 aliphatic rings. The van der Waals surface area contributed by atoms with Crippen molar-refractivity contribution in [2.75, 3.05) is 31.5 Å². The molecule has 0 fully saturated rings. The molecule has 0 saturated carbocycles. The second-order valence-electron chi connectivity index (χ2n) is 8.67. The normalized spacial score (nSPS) is 11.4. The van der Waals surface area contributed by atoms with Crippen LogP contribution in [0.4, 0.5) is 11.4 Å². The van der Waals surface area contributed by atoms with Gasteiger partial charge in [-0.1, -0.05) is 38.5 Å². The van der Waals surface area contributed by atoms with Gasteiger partial charge in [0.25, 0.3) is 5.91 Å². The van der Waals surface area contributed by atoms with Crippen LogP contribution in [0, 0.1) is 0 Å². The number of pyridine rings is 1. The van der Waals surface area contributed by atoms with Crippen LogP contribution in [0.5, 0.6) is 0 Å². The Labute approximate surface area is 212 Å². The predicted octanol–water partition coefficient (Wildman–Crippen LogP) is 5.72. The topological polar surface area (TPSA) is 85.9 Å². The first-order chi connectivity index (χ1) is 17.7. The molecule has 4 rings (SSSR count). The fourth-order valence-electron chi connectivity index (χ4n) is 4.06. The third-order valence-corrected chi connectivity index (χ3v) is 6.13. The van der Waals surface area contributed by atoms with Crippen LogP contribution in [-0.2, 0) is 0 Å². The van der Waals surface area contributed by atoms with Crippen LogP contribution >= 0.6 is 0 Å². The molecule has 0 spiro atoms. The zero-order valence-electron chi connectivity index (χ0n) is 21.0. The van der Waals surface area contributed by atoms with E-state index < -0.39 is 0 Å². The summed E-state index contributed by atoms with van der Waals surface area (Å²) >= 11 is 0. The minimum atomic E-state index is -0.0748. The van der Waals surface area contributed by atoms with Crippen molar-refractivity contribution >= 4 is 40.3 Å². The summed E-state index contributed by atoms with van der Waals surface area (Å²) in [5.74, 6) is -0.0748. The molecule has 2 heterocycles. The van der Waals surface area contributed by atoms with Crippen molar-refractivity contribution in [1.82, 2.24) is 25.4 Å². The number of likely N-dealkylation sites (N-methyl/N-ethyl adjacent to an activating group) is 1. The number of fused-ring (bicyclic) bond motifs is 1. The molecule has 36 heavy (non-hydrogen) atoms. The van der Waals surface area contributed by atoms with Crippen molar-refractivity contribution in [2.45, 2.75) is 26.7 Å². The van der Waals surface area contributed by atoms with Gasteiger partial charge < -0.3 is 15.5 Å². The maximum absolute atomic E-state index is 12.9. The van der Waals surface area contributed by atoms with Crippen LogP contribution in [0.25, 0.3) is 23.1 Å². The van der Waals surface area contributed by atoms with Crippen molar-refractivity contribution in [1.29, 1.82) is 0 Å². The van der Waals surface area contributed by atoms with E-state index in [-0.39, 0.29) is 5.91 Å². The summed E-state index contributed by atoms with van der Waals surface area (Å²) in [5, 5.41) is 15.0. The number of hydrogen-bond donors (Lipinski definition) is 3. The Morgan fingerprint density at radius 1 is 1.03 bits per heavy atom. The highest BCUT2D eigenvalue weighted by Gasteiger charge is 2.12. The molecule has 0 atom stereocenters. The van der Waals surface area contributed by atoms with E-state index in [0.29, 0.717) is 12.1 Å². The van der Waals surface area contributed by atoms with E-state index in [1.54, 1.807) is 6.20 Å². The van der Waals surface area contributed by atoms with E-state index in [1.807, 2.05) is 72.8 Å². The Balaban J connectivity index is 1.42. The van der Waals surface area contributed by atoms with Crippen molar-refractivity contribution < 1.29 is 4.79 Å². The molecule has 2 aromatic carbocycles. The fourth-order valence-corrected chi connectivity index (χ4v) is 4.06. The summed E-state index contributed by atoms with van der Waals surface area (Å²) in [5.41, 5.74) is 4.91. The van der Waals surface area contributed by atoms with Gasteiger partial charge in [-0.3, -0.25) is 14.9 Å². The molecule has 2 aromatic heterocycles. The van der Waals surface area contributed by atoms with Crippen LogP contribution < -0.4 is 10.6 Å². The van der Waals surface area contributed by atoms with Gasteiger partial charge in [0, 0.05) is 30.4 Å². The van der Waals surface area contributed by atoms with E-state index in [0.717, 1.165) is 53.3 Å². The molecule has 4 aromatic rings. The summed E-state index contributed by atoms with van der Waals surface area (Å²) in [4.78, 5) is 19.6. The number of carbonyl (C=O) groups excluding carboxylic acids is 1. The Morgan fingerprint density at radius 3 is 2.69 bits per heavy atom. The van der Waals surface area contributed by atoms with E-state index >= 15 is 0 Å². The summed E-state index contributed by atoms with van der Waals surface area (Å²) in [6.45, 7) is 7.89. The largest absolute Gasteiger partial charge is 0.355 e. The zero-order valence-corrected chi connectivity index (χ0v) is 21.0. The molecular weight excluding hydrogens is 448 g/mol. The number of rotatable bonds is 12. The maximum atomic E-state index is 12.9. The van der Waals surface area contributed by atoms with Gasteiger partial charge in [0.05, 0.1) is 28.2 Å². The van der Waals surface area contributed by atoms with Gasteiger partial charge >= 0.3 is 0 Å². The number of amides is 1. The molecule has 7 nitrogen and oxygen atoms in total. The summed E-state index contributed by atoms with van der Waals surface area (Å²) < 4.78 is 0. The first-order valence-corrected chi connectivity index (χ1v) is 12.6. The van der Waals surface area contributed by atoms with Gasteiger partial charge in [0.15, 0.2) is 0 Å². The number of unbranched alkanes of at least 4 members (excludes halogenated alkanes) is 1. The molecule has 0 unspecified atom stereocenters. The van der Waals surface area contributed by atoms with Crippen LogP contribution in [0.2, 0.25) is 0 Å². The third-order valence-electron chi connectivity index (χ3n) is 6.13. The highest BCUT2D eigenvalue weighted by atomic mass is 16.1. The lowest BCUT2D eigenvalue weighted by Gasteiger charge is -2.20. The lowest BCUT2D eigenvalue weighted by Crippen LogP contribution is -2.35. The Bertz CT molecular complexity index is 1300. The number of H-pyrrole nitrogens is 1. The van der Waals surface area contributed by atoms with Gasteiger partial charge in [0.1, 0.15) is 0 Å². The van der Waals surface area contributed by atoms with Crippen LogP contribution in [-0.4, -0.2) is 52.2 Å². The fraction of sp³-hybridized carbons (Fsp3) is 0.276. The molecule has 186 valence electrons. The Kier molecular flexibility index (Phi) is 8.83. The first kappa shape index (κ1) is 25.1. The number of aromatic nitrogens is 3. The number of nitrogens with zero attached hydrogens (tertiary/aromatic N) is 3. The molecule has 0 radical (unpaired) electrons. The lowest BCUT2D eigenvalue weighted by atomic mass is 10.1. The van der Waals surface area contributed by atoms with Crippen molar-refractivity contribution in [2.24, 2.45) is 0 Å². The van der Waals surface area contributed by atoms with Crippen molar-refractivity contribution in [3.8, 4) is 0 Å². The zero-order chi connectivity index (χ0) is 25.2. The van der Waals surface area contributed by atoms with Gasteiger partial charge in [-0.25, -0.2) is 0 Å². The number of benzene rings is 2. The van der Waals surface area contributed by atoms with Gasteiger partial charge in [-0.2, -0.15) is 5.10 Å². The minimum absolute atomic E-state index is 0.0748. The quantitative estimate of drug-likeness (QED) is 0.240. The number of para-hydroxylation sites is 1. The Morgan fingerprint density at radius 2 is 1.89 bits per heavy atom. The highest BCUT2D eigenvalue weighted by Crippen LogP contribution is 2.26. The van der Waals surface area contributed by atoms with Crippen molar-refractivity contribution in [3.63, 3.8) is 0 Å². The standard InChI is InChI=1S/C29H34N6O/c1-3-5-19-35(4-2)20-18-31-29(36)25-11-6-7-12-26(25)32-23-13-15-24-27(33-34-28(24)21-23)16-14-22-10-8-9-17-30-22/h6-17,21,32H,3-5,18-20H2,1-2H3,(H,31,36)(H,33,34)/b16-14+. The monoisotopic (exact) mass is 482 g/mol. The molecule has 0 bridgehead atoms. The van der Waals surface area contributed by atoms with E-state index in [4.69, 9.17) is 0 Å². The first-order valence-electron chi connectivity index (χ1n) is 12.6. The molecule has 7 heteroatoms. The Hall–Kier alpha value is -3.97. The molecule has 1 amide bonds. The number of anilines is 2. The molecule has 0 aliphatic heterocycles. The van der Waals surface area contributed by atoms with E-state index in [2.05, 4.69) is 44.6 Å². The second kappa shape index (κ2) is 12.7. The molecule has 0 saturated heterocycles. The summed E-state index contributed by atoms with van der Waals surface area (Å²) in [7, 11) is 0. The maximum Gasteiger partial charge on any atom is 0.253 e. The molecular formula is C29H34N6O. The average Bonchev–Trinajstić information content (AvgIpc) is 3.32. The van der Waals surface area contributed by atoms with E-state index in [1.165, 1.54) is 12.8 Å². The smallest absolute Gasteiger partial charge is 0.253 e. The molecule has 0 aliphatic carbocycles. The minimum Gasteiger partial charge on any atom is -0.355 e. The van der Waals surface area contributed by atoms with Gasteiger partial charge in [0.2, 0.25) is 0 Å². The van der Waals surface area contributed by atoms with Crippen molar-refractivity contribution in [3.05, 3.63) is 83.8 Å². The van der Waals surface area contributed by atoms with Crippen LogP contribution in [0.3, 0.4) is 0 Å². The summed E-state index contributed by atoms with van der Waals surface area (Å²) in [6, 6.07) is 19.4. The number of carbonyl (C=O) groups is 1. The SMILES string of the molecule is CCCCN(CC)CCNC(=O)c1ccccc1Nc1ccc2c(/C=C/c3ccccn3)n[nH]c2c1. The van der Waals surface area contributed by atoms with Gasteiger partial charge in [-0.05, 0) is 74.1 Å². The van der Waals surface area contributed by atoms with Crippen LogP contribution in [0.1, 0.15) is 48.4 Å². The van der Waals surface area contributed by atoms with E-state index in [9.17, 15) is 4.79 Å². The summed E-state index contributed by atoms with van der Waals surface area (Å²) in [6.07, 6.45) is 8.02. The predicted molar refractivity (Wildman–Crippen MR) is 148 cm³/mol. The average molecular weight is 483 g/mol. The second-order valence-corrected chi connectivity index (χ2v) is 8.67. The highest BCUT2D eigenvalue weighted by molar-refractivity contribution is 6.00. The number of nitrogens with one attached hydrogen (secondary N) is 3. The number of aromatic amines is 1. The lowest BCUT2D eigenvalue weighted by molar-refractivity contribution is 0.0949. The third kappa shape index (κ3) is 6.58. The molecule has 3 N–H and O–H groups in total. The van der Waals surface area contributed by atoms with Crippen LogP contribution in [0.15, 0.2) is 66.9 Å². The number of hydrogen-bond acceptors (Lipinski definition) is 5.